The molecule has 4 heterocycles. The van der Waals surface area contributed by atoms with Gasteiger partial charge < -0.3 is 19.7 Å². The van der Waals surface area contributed by atoms with Crippen LogP contribution >= 0.6 is 0 Å². The molecule has 0 unspecified atom stereocenters. The Balaban J connectivity index is 1.51. The van der Waals surface area contributed by atoms with Crippen molar-refractivity contribution in [2.75, 3.05) is 43.4 Å². The quantitative estimate of drug-likeness (QED) is 0.430. The van der Waals surface area contributed by atoms with E-state index in [-0.39, 0.29) is 11.6 Å². The van der Waals surface area contributed by atoms with Crippen molar-refractivity contribution in [3.05, 3.63) is 69.3 Å². The van der Waals surface area contributed by atoms with Crippen molar-refractivity contribution in [2.24, 2.45) is 0 Å². The second-order valence-electron chi connectivity index (χ2n) is 9.58. The van der Waals surface area contributed by atoms with Crippen LogP contribution in [0.5, 0.6) is 0 Å². The molecule has 10 nitrogen and oxygen atoms in total. The van der Waals surface area contributed by atoms with Crippen molar-refractivity contribution in [2.45, 2.75) is 33.4 Å². The molecule has 0 spiro atoms. The Kier molecular flexibility index (Phi) is 6.55. The van der Waals surface area contributed by atoms with E-state index in [4.69, 9.17) is 0 Å². The summed E-state index contributed by atoms with van der Waals surface area (Å²) < 4.78 is 18.9. The number of anilines is 3. The minimum atomic E-state index is -0.893. The Morgan fingerprint density at radius 2 is 1.73 bits per heavy atom. The molecule has 1 saturated heterocycles. The van der Waals surface area contributed by atoms with Gasteiger partial charge in [0.15, 0.2) is 11.5 Å². The molecule has 0 bridgehead atoms. The third-order valence-corrected chi connectivity index (χ3v) is 6.75. The maximum atomic E-state index is 14.6. The summed E-state index contributed by atoms with van der Waals surface area (Å²) in [5.74, 6) is -0.587. The third kappa shape index (κ3) is 4.62. The summed E-state index contributed by atoms with van der Waals surface area (Å²) in [4.78, 5) is 39.0. The van der Waals surface area contributed by atoms with Crippen molar-refractivity contribution in [3.63, 3.8) is 0 Å². The lowest BCUT2D eigenvalue weighted by atomic mass is 10.2. The van der Waals surface area contributed by atoms with E-state index in [0.717, 1.165) is 43.6 Å². The fraction of sp³-hybridized carbons (Fsp3) is 0.385. The fourth-order valence-electron chi connectivity index (χ4n) is 4.64. The highest BCUT2D eigenvalue weighted by Gasteiger charge is 2.20. The lowest BCUT2D eigenvalue weighted by Crippen LogP contribution is -2.44. The number of aromatic nitrogens is 5. The molecule has 0 atom stereocenters. The van der Waals surface area contributed by atoms with E-state index < -0.39 is 11.4 Å². The van der Waals surface area contributed by atoms with Crippen LogP contribution in [0.25, 0.3) is 16.7 Å². The van der Waals surface area contributed by atoms with Crippen LogP contribution in [0.3, 0.4) is 0 Å². The molecule has 1 fully saturated rings. The largest absolute Gasteiger partial charge is 0.369 e. The van der Waals surface area contributed by atoms with Crippen molar-refractivity contribution >= 4 is 28.4 Å². The zero-order valence-electron chi connectivity index (χ0n) is 21.5. The minimum Gasteiger partial charge on any atom is -0.369 e. The Labute approximate surface area is 213 Å². The molecule has 194 valence electrons. The number of pyridine rings is 1. The Hall–Kier alpha value is -3.99. The maximum Gasteiger partial charge on any atom is 0.286 e. The first-order valence-electron chi connectivity index (χ1n) is 12.5. The number of likely N-dealkylation sites (N-methyl/N-ethyl adjacent to an activating group) is 1. The van der Waals surface area contributed by atoms with E-state index in [1.165, 1.54) is 15.4 Å². The van der Waals surface area contributed by atoms with Gasteiger partial charge in [0.2, 0.25) is 5.95 Å². The van der Waals surface area contributed by atoms with Gasteiger partial charge in [-0.25, -0.2) is 18.7 Å². The number of hydrogen-bond donors (Lipinski definition) is 1. The van der Waals surface area contributed by atoms with Crippen LogP contribution in [-0.2, 0) is 6.54 Å². The highest BCUT2D eigenvalue weighted by atomic mass is 19.1. The highest BCUT2D eigenvalue weighted by molar-refractivity contribution is 5.77. The van der Waals surface area contributed by atoms with E-state index in [0.29, 0.717) is 29.2 Å². The first-order chi connectivity index (χ1) is 17.8. The van der Waals surface area contributed by atoms with Crippen LogP contribution in [0.15, 0.2) is 52.3 Å². The number of nitrogens with one attached hydrogen (secondary N) is 1. The van der Waals surface area contributed by atoms with E-state index >= 15 is 0 Å². The molecule has 0 radical (unpaired) electrons. The number of hydrogen-bond acceptors (Lipinski definition) is 7. The zero-order valence-corrected chi connectivity index (χ0v) is 21.5. The summed E-state index contributed by atoms with van der Waals surface area (Å²) in [6.07, 6.45) is 3.02. The molecule has 0 saturated carbocycles. The van der Waals surface area contributed by atoms with Crippen LogP contribution in [0.4, 0.5) is 21.7 Å². The Bertz CT molecular complexity index is 1550. The second-order valence-corrected chi connectivity index (χ2v) is 9.58. The van der Waals surface area contributed by atoms with Crippen molar-refractivity contribution in [1.82, 2.24) is 28.8 Å². The number of rotatable bonds is 6. The van der Waals surface area contributed by atoms with Gasteiger partial charge in [-0.15, -0.1) is 0 Å². The van der Waals surface area contributed by atoms with Crippen LogP contribution in [0.1, 0.15) is 26.8 Å². The summed E-state index contributed by atoms with van der Waals surface area (Å²) in [5.41, 5.74) is 1.63. The van der Waals surface area contributed by atoms with Gasteiger partial charge in [0, 0.05) is 68.6 Å². The van der Waals surface area contributed by atoms with E-state index in [1.807, 2.05) is 19.1 Å². The summed E-state index contributed by atoms with van der Waals surface area (Å²) in [6, 6.07) is 8.95. The van der Waals surface area contributed by atoms with Gasteiger partial charge >= 0.3 is 0 Å². The molecule has 0 amide bonds. The predicted molar refractivity (Wildman–Crippen MR) is 143 cm³/mol. The zero-order chi connectivity index (χ0) is 26.3. The molecule has 37 heavy (non-hydrogen) atoms. The molecule has 1 aliphatic heterocycles. The van der Waals surface area contributed by atoms with Gasteiger partial charge in [-0.05, 0) is 52.1 Å². The van der Waals surface area contributed by atoms with E-state index in [1.54, 1.807) is 24.7 Å². The summed E-state index contributed by atoms with van der Waals surface area (Å²) >= 11 is 0. The Morgan fingerprint density at radius 3 is 2.38 bits per heavy atom. The summed E-state index contributed by atoms with van der Waals surface area (Å²) in [6.45, 7) is 9.78. The maximum absolute atomic E-state index is 14.6. The van der Waals surface area contributed by atoms with Crippen molar-refractivity contribution in [3.8, 4) is 5.69 Å². The highest BCUT2D eigenvalue weighted by Crippen LogP contribution is 2.23. The minimum absolute atomic E-state index is 0.258. The van der Waals surface area contributed by atoms with Crippen LogP contribution in [-0.4, -0.2) is 62.0 Å². The van der Waals surface area contributed by atoms with Gasteiger partial charge in [0.1, 0.15) is 5.39 Å². The Morgan fingerprint density at radius 1 is 1.03 bits per heavy atom. The smallest absolute Gasteiger partial charge is 0.286 e. The van der Waals surface area contributed by atoms with E-state index in [2.05, 4.69) is 44.3 Å². The van der Waals surface area contributed by atoms with Crippen LogP contribution in [0.2, 0.25) is 0 Å². The van der Waals surface area contributed by atoms with Gasteiger partial charge in [-0.1, -0.05) is 0 Å². The van der Waals surface area contributed by atoms with Crippen molar-refractivity contribution in [1.29, 1.82) is 0 Å². The molecule has 4 aromatic rings. The molecular formula is C26H31FN8O2. The monoisotopic (exact) mass is 506 g/mol. The number of fused-ring (bicyclic) bond motifs is 1. The molecule has 5 rings (SSSR count). The lowest BCUT2D eigenvalue weighted by molar-refractivity contribution is 0.313. The lowest BCUT2D eigenvalue weighted by Gasteiger charge is -2.34. The summed E-state index contributed by atoms with van der Waals surface area (Å²) in [7, 11) is 2.13. The van der Waals surface area contributed by atoms with Crippen LogP contribution in [0, 0.1) is 5.82 Å². The van der Waals surface area contributed by atoms with Gasteiger partial charge in [0.25, 0.3) is 11.1 Å². The van der Waals surface area contributed by atoms with Gasteiger partial charge in [0.05, 0.1) is 5.69 Å². The number of benzene rings is 1. The van der Waals surface area contributed by atoms with E-state index in [9.17, 15) is 14.0 Å². The first-order valence-corrected chi connectivity index (χ1v) is 12.5. The second kappa shape index (κ2) is 9.81. The van der Waals surface area contributed by atoms with Crippen molar-refractivity contribution < 1.29 is 4.39 Å². The summed E-state index contributed by atoms with van der Waals surface area (Å²) in [5, 5.41) is 3.51. The average Bonchev–Trinajstić information content (AvgIpc) is 3.17. The molecule has 1 aromatic carbocycles. The standard InChI is InChI=1S/C26H31FN8O2/c1-5-34-24(36)21-15-28-26(29-18-6-8-19(9-7-18)32-12-10-31(4)11-13-32)30-23(21)35(34)20-14-22(27)25(37)33(16-20)17(2)3/h6-9,14-17H,5,10-13H2,1-4H3,(H,28,29,30). The van der Waals surface area contributed by atoms with Crippen LogP contribution < -0.4 is 21.3 Å². The molecule has 0 aliphatic carbocycles. The molecular weight excluding hydrogens is 475 g/mol. The average molecular weight is 507 g/mol. The van der Waals surface area contributed by atoms with Gasteiger partial charge in [-0.2, -0.15) is 4.98 Å². The number of piperazine rings is 1. The first kappa shape index (κ1) is 24.7. The normalized spacial score (nSPS) is 14.6. The fourth-order valence-corrected chi connectivity index (χ4v) is 4.64. The SMILES string of the molecule is CCn1c(=O)c2cnc(Nc3ccc(N4CCN(C)CC4)cc3)nc2n1-c1cc(F)c(=O)n(C(C)C)c1. The number of nitrogens with zero attached hydrogens (tertiary/aromatic N) is 7. The topological polar surface area (TPSA) is 93.2 Å². The molecule has 1 aliphatic rings. The molecule has 1 N–H and O–H groups in total. The molecule has 11 heteroatoms. The van der Waals surface area contributed by atoms with Gasteiger partial charge in [-0.3, -0.25) is 9.59 Å². The number of halogens is 1. The predicted octanol–water partition coefficient (Wildman–Crippen LogP) is 2.98. The third-order valence-electron chi connectivity index (χ3n) is 6.75. The molecule has 3 aromatic heterocycles.